The van der Waals surface area contributed by atoms with Crippen molar-refractivity contribution in [2.75, 3.05) is 0 Å². The Morgan fingerprint density at radius 3 is 2.27 bits per heavy atom. The zero-order chi connectivity index (χ0) is 11.4. The topological polar surface area (TPSA) is 34.1 Å². The first-order chi connectivity index (χ1) is 7.00. The minimum absolute atomic E-state index is 0.0934. The predicted molar refractivity (Wildman–Crippen MR) is 59.7 cm³/mol. The molecule has 0 spiro atoms. The highest BCUT2D eigenvalue weighted by molar-refractivity contribution is 5.82. The number of hydrogen-bond acceptors (Lipinski definition) is 2. The second kappa shape index (κ2) is 4.87. The Morgan fingerprint density at radius 2 is 1.73 bits per heavy atom. The number of carbonyl (C=O) groups excluding carboxylic acids is 2. The minimum Gasteiger partial charge on any atom is -0.300 e. The van der Waals surface area contributed by atoms with Gasteiger partial charge in [0.05, 0.1) is 0 Å². The average molecular weight is 203 g/mol. The summed E-state index contributed by atoms with van der Waals surface area (Å²) in [6, 6.07) is 5.61. The van der Waals surface area contributed by atoms with E-state index in [9.17, 15) is 9.59 Å². The predicted octanol–water partition coefficient (Wildman–Crippen LogP) is 2.13. The van der Waals surface area contributed by atoms with Gasteiger partial charge in [-0.05, 0) is 37.5 Å². The fourth-order valence-corrected chi connectivity index (χ4v) is 1.60. The number of hydrogen-bond donors (Lipinski definition) is 0. The fraction of sp³-hybridized carbons (Fsp3) is 0.308. The second-order valence-corrected chi connectivity index (χ2v) is 3.81. The largest absolute Gasteiger partial charge is 0.300 e. The first-order valence-electron chi connectivity index (χ1n) is 4.92. The number of Topliss-reactive ketones (excluding diaryl/α,β-unsaturated/α-hetero) is 2. The van der Waals surface area contributed by atoms with Crippen molar-refractivity contribution in [2.24, 2.45) is 0 Å². The van der Waals surface area contributed by atoms with Crippen molar-refractivity contribution in [3.05, 3.63) is 41.8 Å². The number of ketones is 2. The van der Waals surface area contributed by atoms with E-state index >= 15 is 0 Å². The fourth-order valence-electron chi connectivity index (χ4n) is 1.60. The van der Waals surface area contributed by atoms with E-state index in [0.29, 0.717) is 12.8 Å². The van der Waals surface area contributed by atoms with Gasteiger partial charge in [-0.3, -0.25) is 9.59 Å². The number of rotatable bonds is 4. The molecule has 1 radical (unpaired) electrons. The second-order valence-electron chi connectivity index (χ2n) is 3.81. The Morgan fingerprint density at radius 1 is 1.13 bits per heavy atom. The van der Waals surface area contributed by atoms with Crippen LogP contribution in [0.2, 0.25) is 0 Å². The monoisotopic (exact) mass is 203 g/mol. The molecule has 0 unspecified atom stereocenters. The number of benzene rings is 1. The van der Waals surface area contributed by atoms with Crippen molar-refractivity contribution in [3.8, 4) is 0 Å². The minimum atomic E-state index is 0.0934. The van der Waals surface area contributed by atoms with Crippen molar-refractivity contribution < 1.29 is 9.59 Å². The van der Waals surface area contributed by atoms with Crippen LogP contribution in [-0.4, -0.2) is 11.6 Å². The van der Waals surface area contributed by atoms with Crippen molar-refractivity contribution >= 4 is 11.6 Å². The molecule has 2 heteroatoms. The van der Waals surface area contributed by atoms with Gasteiger partial charge >= 0.3 is 0 Å². The van der Waals surface area contributed by atoms with Crippen LogP contribution in [0.4, 0.5) is 0 Å². The summed E-state index contributed by atoms with van der Waals surface area (Å²) >= 11 is 0. The molecule has 0 aromatic heterocycles. The summed E-state index contributed by atoms with van der Waals surface area (Å²) in [5, 5.41) is 0. The molecule has 0 heterocycles. The molecule has 79 valence electrons. The smallest absolute Gasteiger partial charge is 0.134 e. The lowest BCUT2D eigenvalue weighted by molar-refractivity contribution is -0.117. The Balaban J connectivity index is 3.08. The lowest BCUT2D eigenvalue weighted by Crippen LogP contribution is -2.06. The third-order valence-electron chi connectivity index (χ3n) is 2.24. The van der Waals surface area contributed by atoms with Crippen LogP contribution in [0.25, 0.3) is 0 Å². The third kappa shape index (κ3) is 3.31. The molecule has 0 saturated carbocycles. The van der Waals surface area contributed by atoms with Gasteiger partial charge in [0.15, 0.2) is 0 Å². The molecular formula is C13H15O2. The maximum atomic E-state index is 11.1. The standard InChI is InChI=1S/C13H15O2/c1-9-5-4-6-12(7-10(2)14)13(9)8-11(3)15/h4-6H,1,7-8H2,2-3H3. The van der Waals surface area contributed by atoms with E-state index in [1.54, 1.807) is 13.8 Å². The summed E-state index contributed by atoms with van der Waals surface area (Å²) in [5.74, 6) is 0.196. The highest BCUT2D eigenvalue weighted by Crippen LogP contribution is 2.16. The maximum absolute atomic E-state index is 11.1. The van der Waals surface area contributed by atoms with Crippen LogP contribution >= 0.6 is 0 Å². The van der Waals surface area contributed by atoms with E-state index in [1.807, 2.05) is 18.2 Å². The third-order valence-corrected chi connectivity index (χ3v) is 2.24. The summed E-state index contributed by atoms with van der Waals surface area (Å²) in [6.45, 7) is 6.97. The van der Waals surface area contributed by atoms with Crippen LogP contribution in [-0.2, 0) is 22.4 Å². The molecule has 0 amide bonds. The Labute approximate surface area is 90.3 Å². The molecule has 2 nitrogen and oxygen atoms in total. The van der Waals surface area contributed by atoms with Gasteiger partial charge < -0.3 is 0 Å². The summed E-state index contributed by atoms with van der Waals surface area (Å²) in [5.41, 5.74) is 2.66. The first kappa shape index (κ1) is 11.6. The van der Waals surface area contributed by atoms with Crippen LogP contribution in [0.15, 0.2) is 18.2 Å². The van der Waals surface area contributed by atoms with Crippen LogP contribution in [0, 0.1) is 6.92 Å². The van der Waals surface area contributed by atoms with Gasteiger partial charge in [0, 0.05) is 12.8 Å². The number of carbonyl (C=O) groups is 2. The van der Waals surface area contributed by atoms with Gasteiger partial charge in [-0.15, -0.1) is 0 Å². The van der Waals surface area contributed by atoms with Gasteiger partial charge in [0.25, 0.3) is 0 Å². The van der Waals surface area contributed by atoms with Crippen LogP contribution in [0.1, 0.15) is 30.5 Å². The molecule has 0 N–H and O–H groups in total. The van der Waals surface area contributed by atoms with E-state index in [0.717, 1.165) is 16.7 Å². The Bertz CT molecular complexity index is 392. The molecule has 0 aliphatic carbocycles. The molecule has 0 bridgehead atoms. The van der Waals surface area contributed by atoms with E-state index in [-0.39, 0.29) is 11.6 Å². The molecule has 1 rings (SSSR count). The van der Waals surface area contributed by atoms with Gasteiger partial charge in [0.1, 0.15) is 11.6 Å². The summed E-state index contributed by atoms with van der Waals surface area (Å²) in [6.07, 6.45) is 0.744. The molecule has 15 heavy (non-hydrogen) atoms. The lowest BCUT2D eigenvalue weighted by atomic mass is 9.95. The van der Waals surface area contributed by atoms with E-state index < -0.39 is 0 Å². The van der Waals surface area contributed by atoms with Gasteiger partial charge in [-0.2, -0.15) is 0 Å². The Kier molecular flexibility index (Phi) is 3.78. The molecule has 1 aromatic rings. The summed E-state index contributed by atoms with van der Waals surface area (Å²) < 4.78 is 0. The summed E-state index contributed by atoms with van der Waals surface area (Å²) in [7, 11) is 0. The zero-order valence-corrected chi connectivity index (χ0v) is 9.17. The van der Waals surface area contributed by atoms with Crippen molar-refractivity contribution in [1.29, 1.82) is 0 Å². The molecule has 0 aliphatic heterocycles. The average Bonchev–Trinajstić information content (AvgIpc) is 2.09. The first-order valence-corrected chi connectivity index (χ1v) is 4.92. The molecule has 0 aliphatic rings. The quantitative estimate of drug-likeness (QED) is 0.751. The SMILES string of the molecule is [CH2]c1cccc(CC(C)=O)c1CC(C)=O. The van der Waals surface area contributed by atoms with E-state index in [1.165, 1.54) is 0 Å². The van der Waals surface area contributed by atoms with Crippen LogP contribution < -0.4 is 0 Å². The molecule has 0 atom stereocenters. The van der Waals surface area contributed by atoms with Gasteiger partial charge in [-0.25, -0.2) is 0 Å². The van der Waals surface area contributed by atoms with Crippen molar-refractivity contribution in [1.82, 2.24) is 0 Å². The molecule has 0 saturated heterocycles. The van der Waals surface area contributed by atoms with E-state index in [4.69, 9.17) is 0 Å². The van der Waals surface area contributed by atoms with Gasteiger partial charge in [-0.1, -0.05) is 18.2 Å². The van der Waals surface area contributed by atoms with Crippen molar-refractivity contribution in [2.45, 2.75) is 26.7 Å². The van der Waals surface area contributed by atoms with Crippen LogP contribution in [0.5, 0.6) is 0 Å². The zero-order valence-electron chi connectivity index (χ0n) is 9.17. The van der Waals surface area contributed by atoms with Gasteiger partial charge in [0.2, 0.25) is 0 Å². The normalized spacial score (nSPS) is 10.1. The van der Waals surface area contributed by atoms with Crippen LogP contribution in [0.3, 0.4) is 0 Å². The van der Waals surface area contributed by atoms with E-state index in [2.05, 4.69) is 6.92 Å². The molecule has 1 aromatic carbocycles. The highest BCUT2D eigenvalue weighted by atomic mass is 16.1. The molecule has 0 fully saturated rings. The maximum Gasteiger partial charge on any atom is 0.134 e. The lowest BCUT2D eigenvalue weighted by Gasteiger charge is -2.09. The highest BCUT2D eigenvalue weighted by Gasteiger charge is 2.09. The Hall–Kier alpha value is -1.44. The summed E-state index contributed by atoms with van der Waals surface area (Å²) in [4.78, 5) is 22.1. The van der Waals surface area contributed by atoms with Crippen molar-refractivity contribution in [3.63, 3.8) is 0 Å². The molecular weight excluding hydrogens is 188 g/mol.